The van der Waals surface area contributed by atoms with E-state index in [-0.39, 0.29) is 5.57 Å². The van der Waals surface area contributed by atoms with Gasteiger partial charge in [0, 0.05) is 5.02 Å². The van der Waals surface area contributed by atoms with Gasteiger partial charge in [0.1, 0.15) is 0 Å². The molecule has 0 aliphatic rings. The SMILES string of the molecule is C=C(C(=O)O)C(N)c1cccc(Cl)c1. The fraction of sp³-hybridized carbons (Fsp3) is 0.100. The van der Waals surface area contributed by atoms with Gasteiger partial charge in [-0.15, -0.1) is 0 Å². The van der Waals surface area contributed by atoms with Crippen molar-refractivity contribution >= 4 is 17.6 Å². The second kappa shape index (κ2) is 4.26. The van der Waals surface area contributed by atoms with Crippen molar-refractivity contribution in [3.63, 3.8) is 0 Å². The van der Waals surface area contributed by atoms with Gasteiger partial charge in [-0.25, -0.2) is 4.79 Å². The van der Waals surface area contributed by atoms with Gasteiger partial charge in [-0.1, -0.05) is 30.3 Å². The van der Waals surface area contributed by atoms with Crippen molar-refractivity contribution in [3.05, 3.63) is 47.0 Å². The van der Waals surface area contributed by atoms with Gasteiger partial charge in [0.15, 0.2) is 0 Å². The molecule has 0 aromatic heterocycles. The summed E-state index contributed by atoms with van der Waals surface area (Å²) < 4.78 is 0. The minimum atomic E-state index is -1.10. The summed E-state index contributed by atoms with van der Waals surface area (Å²) in [5, 5.41) is 9.19. The Morgan fingerprint density at radius 3 is 2.71 bits per heavy atom. The third kappa shape index (κ3) is 2.34. The average molecular weight is 212 g/mol. The first-order valence-corrected chi connectivity index (χ1v) is 4.33. The summed E-state index contributed by atoms with van der Waals surface area (Å²) in [6.07, 6.45) is 0. The van der Waals surface area contributed by atoms with Gasteiger partial charge in [-0.05, 0) is 17.7 Å². The number of carboxylic acid groups (broad SMARTS) is 1. The second-order valence-corrected chi connectivity index (χ2v) is 3.30. The zero-order valence-electron chi connectivity index (χ0n) is 7.40. The number of aliphatic carboxylic acids is 1. The molecule has 0 saturated heterocycles. The van der Waals surface area contributed by atoms with E-state index in [1.165, 1.54) is 0 Å². The molecule has 0 heterocycles. The number of hydrogen-bond donors (Lipinski definition) is 2. The molecular weight excluding hydrogens is 202 g/mol. The molecule has 0 fully saturated rings. The van der Waals surface area contributed by atoms with Crippen LogP contribution < -0.4 is 5.73 Å². The van der Waals surface area contributed by atoms with Crippen molar-refractivity contribution in [1.29, 1.82) is 0 Å². The largest absolute Gasteiger partial charge is 0.478 e. The van der Waals surface area contributed by atoms with Crippen molar-refractivity contribution in [3.8, 4) is 0 Å². The molecule has 1 rings (SSSR count). The fourth-order valence-corrected chi connectivity index (χ4v) is 1.23. The standard InChI is InChI=1S/C10H10ClNO2/c1-6(10(13)14)9(12)7-3-2-4-8(11)5-7/h2-5,9H,1,12H2,(H,13,14). The van der Waals surface area contributed by atoms with E-state index in [0.29, 0.717) is 10.6 Å². The van der Waals surface area contributed by atoms with Crippen molar-refractivity contribution in [2.45, 2.75) is 6.04 Å². The third-order valence-corrected chi connectivity index (χ3v) is 2.09. The van der Waals surface area contributed by atoms with Crippen LogP contribution in [0.2, 0.25) is 5.02 Å². The van der Waals surface area contributed by atoms with Crippen LogP contribution in [-0.4, -0.2) is 11.1 Å². The Morgan fingerprint density at radius 2 is 2.21 bits per heavy atom. The molecule has 3 N–H and O–H groups in total. The quantitative estimate of drug-likeness (QED) is 0.752. The zero-order chi connectivity index (χ0) is 10.7. The van der Waals surface area contributed by atoms with Gasteiger partial charge in [0.25, 0.3) is 0 Å². The molecule has 1 unspecified atom stereocenters. The lowest BCUT2D eigenvalue weighted by Crippen LogP contribution is -2.18. The number of nitrogens with two attached hydrogens (primary N) is 1. The summed E-state index contributed by atoms with van der Waals surface area (Å²) in [7, 11) is 0. The molecule has 14 heavy (non-hydrogen) atoms. The number of hydrogen-bond acceptors (Lipinski definition) is 2. The van der Waals surface area contributed by atoms with E-state index in [0.717, 1.165) is 0 Å². The number of rotatable bonds is 3. The summed E-state index contributed by atoms with van der Waals surface area (Å²) in [5.74, 6) is -1.10. The fourth-order valence-electron chi connectivity index (χ4n) is 1.03. The average Bonchev–Trinajstić information content (AvgIpc) is 2.15. The lowest BCUT2D eigenvalue weighted by atomic mass is 10.0. The number of benzene rings is 1. The highest BCUT2D eigenvalue weighted by atomic mass is 35.5. The molecule has 1 aromatic carbocycles. The highest BCUT2D eigenvalue weighted by Gasteiger charge is 2.15. The number of carbonyl (C=O) groups is 1. The Morgan fingerprint density at radius 1 is 1.57 bits per heavy atom. The van der Waals surface area contributed by atoms with Gasteiger partial charge < -0.3 is 10.8 Å². The van der Waals surface area contributed by atoms with Crippen LogP contribution in [0.25, 0.3) is 0 Å². The topological polar surface area (TPSA) is 63.3 Å². The van der Waals surface area contributed by atoms with E-state index >= 15 is 0 Å². The molecule has 0 radical (unpaired) electrons. The van der Waals surface area contributed by atoms with Gasteiger partial charge in [-0.2, -0.15) is 0 Å². The molecule has 0 aliphatic heterocycles. The number of carboxylic acids is 1. The maximum atomic E-state index is 10.6. The van der Waals surface area contributed by atoms with Crippen LogP contribution >= 0.6 is 11.6 Å². The molecule has 0 aliphatic carbocycles. The maximum Gasteiger partial charge on any atom is 0.332 e. The molecule has 1 atom stereocenters. The molecule has 1 aromatic rings. The van der Waals surface area contributed by atoms with E-state index in [2.05, 4.69) is 6.58 Å². The lowest BCUT2D eigenvalue weighted by Gasteiger charge is -2.11. The van der Waals surface area contributed by atoms with Crippen molar-refractivity contribution in [1.82, 2.24) is 0 Å². The molecule has 3 nitrogen and oxygen atoms in total. The van der Waals surface area contributed by atoms with E-state index < -0.39 is 12.0 Å². The van der Waals surface area contributed by atoms with Gasteiger partial charge in [0.05, 0.1) is 11.6 Å². The smallest absolute Gasteiger partial charge is 0.332 e. The third-order valence-electron chi connectivity index (χ3n) is 1.86. The molecule has 0 amide bonds. The Balaban J connectivity index is 2.95. The summed E-state index contributed by atoms with van der Waals surface area (Å²) in [6.45, 7) is 3.39. The summed E-state index contributed by atoms with van der Waals surface area (Å²) in [6, 6.07) is 6.03. The van der Waals surface area contributed by atoms with Crippen LogP contribution in [0.4, 0.5) is 0 Å². The summed E-state index contributed by atoms with van der Waals surface area (Å²) in [5.41, 5.74) is 6.26. The normalized spacial score (nSPS) is 12.1. The summed E-state index contributed by atoms with van der Waals surface area (Å²) >= 11 is 5.74. The van der Waals surface area contributed by atoms with E-state index in [4.69, 9.17) is 22.4 Å². The molecular formula is C10H10ClNO2. The van der Waals surface area contributed by atoms with Crippen LogP contribution in [0.3, 0.4) is 0 Å². The number of halogens is 1. The highest BCUT2D eigenvalue weighted by Crippen LogP contribution is 2.20. The maximum absolute atomic E-state index is 10.6. The molecule has 0 spiro atoms. The first-order valence-electron chi connectivity index (χ1n) is 3.95. The van der Waals surface area contributed by atoms with Gasteiger partial charge in [0.2, 0.25) is 0 Å². The van der Waals surface area contributed by atoms with Crippen molar-refractivity contribution in [2.75, 3.05) is 0 Å². The van der Waals surface area contributed by atoms with E-state index in [1.807, 2.05) is 0 Å². The van der Waals surface area contributed by atoms with Crippen LogP contribution in [-0.2, 0) is 4.79 Å². The van der Waals surface area contributed by atoms with Crippen LogP contribution in [0, 0.1) is 0 Å². The van der Waals surface area contributed by atoms with E-state index in [1.54, 1.807) is 24.3 Å². The molecule has 0 saturated carbocycles. The van der Waals surface area contributed by atoms with Crippen LogP contribution in [0.1, 0.15) is 11.6 Å². The van der Waals surface area contributed by atoms with Gasteiger partial charge in [-0.3, -0.25) is 0 Å². The van der Waals surface area contributed by atoms with Crippen molar-refractivity contribution < 1.29 is 9.90 Å². The minimum absolute atomic E-state index is 0.0488. The monoisotopic (exact) mass is 211 g/mol. The predicted octanol–water partition coefficient (Wildman–Crippen LogP) is 1.98. The lowest BCUT2D eigenvalue weighted by molar-refractivity contribution is -0.132. The molecule has 4 heteroatoms. The van der Waals surface area contributed by atoms with Gasteiger partial charge >= 0.3 is 5.97 Å². The Hall–Kier alpha value is -1.32. The van der Waals surface area contributed by atoms with E-state index in [9.17, 15) is 4.79 Å². The highest BCUT2D eigenvalue weighted by molar-refractivity contribution is 6.30. The van der Waals surface area contributed by atoms with Crippen molar-refractivity contribution in [2.24, 2.45) is 5.73 Å². The Kier molecular flexibility index (Phi) is 3.28. The first kappa shape index (κ1) is 10.8. The molecule has 0 bridgehead atoms. The molecule has 74 valence electrons. The Labute approximate surface area is 86.8 Å². The zero-order valence-corrected chi connectivity index (χ0v) is 8.16. The van der Waals surface area contributed by atoms with Crippen LogP contribution in [0.15, 0.2) is 36.4 Å². The minimum Gasteiger partial charge on any atom is -0.478 e. The second-order valence-electron chi connectivity index (χ2n) is 2.86. The van der Waals surface area contributed by atoms with Crippen LogP contribution in [0.5, 0.6) is 0 Å². The first-order chi connectivity index (χ1) is 6.52. The summed E-state index contributed by atoms with van der Waals surface area (Å²) in [4.78, 5) is 10.6. The predicted molar refractivity (Wildman–Crippen MR) is 55.2 cm³/mol. The Bertz CT molecular complexity index is 376.